The summed E-state index contributed by atoms with van der Waals surface area (Å²) in [4.78, 5) is 1.08. The lowest BCUT2D eigenvalue weighted by Crippen LogP contribution is -1.70. The minimum absolute atomic E-state index is 1.08. The molecule has 0 heterocycles. The normalized spacial score (nSPS) is 9.56. The van der Waals surface area contributed by atoms with Gasteiger partial charge in [0, 0.05) is 4.90 Å². The van der Waals surface area contributed by atoms with Gasteiger partial charge in [0.05, 0.1) is 0 Å². The van der Waals surface area contributed by atoms with Gasteiger partial charge in [0.1, 0.15) is 0 Å². The smallest absolute Gasteiger partial charge is 0.0236 e. The van der Waals surface area contributed by atoms with Gasteiger partial charge in [-0.2, -0.15) is 0 Å². The van der Waals surface area contributed by atoms with Gasteiger partial charge in [0.2, 0.25) is 0 Å². The molecule has 0 spiro atoms. The van der Waals surface area contributed by atoms with Gasteiger partial charge in [0.25, 0.3) is 0 Å². The van der Waals surface area contributed by atoms with E-state index in [0.29, 0.717) is 0 Å². The zero-order valence-electron chi connectivity index (χ0n) is 5.02. The molecular formula is C7H6ClS. The van der Waals surface area contributed by atoms with Crippen molar-refractivity contribution in [3.8, 4) is 0 Å². The second-order valence-corrected chi connectivity index (χ2v) is 2.87. The van der Waals surface area contributed by atoms with Crippen LogP contribution in [0, 0.1) is 13.0 Å². The Morgan fingerprint density at radius 3 is 2.89 bits per heavy atom. The van der Waals surface area contributed by atoms with E-state index in [1.54, 1.807) is 0 Å². The Labute approximate surface area is 63.7 Å². The topological polar surface area (TPSA) is 0 Å². The molecule has 9 heavy (non-hydrogen) atoms. The molecule has 1 radical (unpaired) electrons. The Morgan fingerprint density at radius 2 is 2.44 bits per heavy atom. The van der Waals surface area contributed by atoms with E-state index in [-0.39, 0.29) is 0 Å². The van der Waals surface area contributed by atoms with E-state index in [2.05, 4.69) is 6.07 Å². The average Bonchev–Trinajstić information content (AvgIpc) is 1.88. The van der Waals surface area contributed by atoms with Crippen LogP contribution in [0.4, 0.5) is 0 Å². The van der Waals surface area contributed by atoms with E-state index in [4.69, 9.17) is 10.7 Å². The predicted molar refractivity (Wildman–Crippen MR) is 41.7 cm³/mol. The van der Waals surface area contributed by atoms with Gasteiger partial charge in [-0.25, -0.2) is 0 Å². The molecule has 0 aliphatic heterocycles. The van der Waals surface area contributed by atoms with Crippen LogP contribution in [0.1, 0.15) is 5.56 Å². The summed E-state index contributed by atoms with van der Waals surface area (Å²) in [7, 11) is 6.74. The van der Waals surface area contributed by atoms with Gasteiger partial charge in [-0.3, -0.25) is 0 Å². The molecule has 1 aromatic rings. The van der Waals surface area contributed by atoms with Gasteiger partial charge in [-0.15, -0.1) is 0 Å². The van der Waals surface area contributed by atoms with Crippen LogP contribution in [0.3, 0.4) is 0 Å². The Bertz CT molecular complexity index is 198. The molecule has 1 aromatic carbocycles. The highest BCUT2D eigenvalue weighted by Crippen LogP contribution is 2.21. The molecule has 0 amide bonds. The number of halogens is 1. The van der Waals surface area contributed by atoms with Crippen molar-refractivity contribution in [3.63, 3.8) is 0 Å². The van der Waals surface area contributed by atoms with Crippen LogP contribution >= 0.6 is 21.7 Å². The third-order valence-electron chi connectivity index (χ3n) is 1.01. The lowest BCUT2D eigenvalue weighted by atomic mass is 10.2. The number of benzene rings is 1. The lowest BCUT2D eigenvalue weighted by Gasteiger charge is -1.92. The molecule has 0 atom stereocenters. The predicted octanol–water partition coefficient (Wildman–Crippen LogP) is 3.04. The molecule has 0 saturated carbocycles. The molecule has 0 aliphatic carbocycles. The minimum atomic E-state index is 1.08. The number of hydrogen-bond donors (Lipinski definition) is 0. The molecule has 0 fully saturated rings. The molecule has 0 saturated heterocycles. The summed E-state index contributed by atoms with van der Waals surface area (Å²) in [5.74, 6) is 0. The minimum Gasteiger partial charge on any atom is -0.0530 e. The first-order valence-electron chi connectivity index (χ1n) is 2.60. The van der Waals surface area contributed by atoms with Crippen LogP contribution in [0.15, 0.2) is 23.1 Å². The van der Waals surface area contributed by atoms with Gasteiger partial charge in [-0.05, 0) is 52.3 Å². The average molecular weight is 158 g/mol. The van der Waals surface area contributed by atoms with E-state index >= 15 is 0 Å². The second-order valence-electron chi connectivity index (χ2n) is 1.78. The maximum Gasteiger partial charge on any atom is 0.0236 e. The summed E-state index contributed by atoms with van der Waals surface area (Å²) in [6, 6.07) is 8.84. The zero-order valence-corrected chi connectivity index (χ0v) is 6.59. The van der Waals surface area contributed by atoms with Crippen LogP contribution in [-0.2, 0) is 0 Å². The number of hydrogen-bond acceptors (Lipinski definition) is 1. The first-order valence-corrected chi connectivity index (χ1v) is 4.24. The third-order valence-corrected chi connectivity index (χ3v) is 1.97. The van der Waals surface area contributed by atoms with Crippen molar-refractivity contribution < 1.29 is 0 Å². The Hall–Kier alpha value is -0.140. The maximum absolute atomic E-state index is 5.50. The van der Waals surface area contributed by atoms with E-state index in [1.165, 1.54) is 11.0 Å². The molecule has 0 nitrogen and oxygen atoms in total. The Balaban J connectivity index is 2.94. The van der Waals surface area contributed by atoms with Crippen molar-refractivity contribution in [2.75, 3.05) is 0 Å². The second kappa shape index (κ2) is 3.14. The fourth-order valence-corrected chi connectivity index (χ4v) is 1.24. The van der Waals surface area contributed by atoms with Gasteiger partial charge in [-0.1, -0.05) is 6.07 Å². The van der Waals surface area contributed by atoms with Crippen molar-refractivity contribution in [3.05, 3.63) is 29.8 Å². The van der Waals surface area contributed by atoms with Gasteiger partial charge >= 0.3 is 0 Å². The number of aryl methyl sites for hydroxylation is 1. The monoisotopic (exact) mass is 157 g/mol. The quantitative estimate of drug-likeness (QED) is 0.604. The fourth-order valence-electron chi connectivity index (χ4n) is 0.606. The SMILES string of the molecule is Cc1[c]ccc(SCl)c1. The first kappa shape index (κ1) is 6.97. The summed E-state index contributed by atoms with van der Waals surface area (Å²) >= 11 is 0. The molecular weight excluding hydrogens is 152 g/mol. The van der Waals surface area contributed by atoms with E-state index in [1.807, 2.05) is 25.1 Å². The van der Waals surface area contributed by atoms with Crippen molar-refractivity contribution in [2.45, 2.75) is 11.8 Å². The molecule has 47 valence electrons. The summed E-state index contributed by atoms with van der Waals surface area (Å²) in [6.07, 6.45) is 0. The highest BCUT2D eigenvalue weighted by molar-refractivity contribution is 8.21. The van der Waals surface area contributed by atoms with E-state index < -0.39 is 0 Å². The molecule has 1 rings (SSSR count). The number of rotatable bonds is 1. The molecule has 0 bridgehead atoms. The Morgan fingerprint density at radius 1 is 1.67 bits per heavy atom. The van der Waals surface area contributed by atoms with Crippen LogP contribution in [0.5, 0.6) is 0 Å². The van der Waals surface area contributed by atoms with Crippen molar-refractivity contribution in [2.24, 2.45) is 0 Å². The van der Waals surface area contributed by atoms with Crippen molar-refractivity contribution in [1.29, 1.82) is 0 Å². The first-order chi connectivity index (χ1) is 4.33. The Kier molecular flexibility index (Phi) is 2.43. The highest BCUT2D eigenvalue weighted by Gasteiger charge is 1.88. The molecule has 2 heteroatoms. The molecule has 0 unspecified atom stereocenters. The van der Waals surface area contributed by atoms with Gasteiger partial charge < -0.3 is 0 Å². The lowest BCUT2D eigenvalue weighted by molar-refractivity contribution is 1.36. The van der Waals surface area contributed by atoms with E-state index in [0.717, 1.165) is 10.5 Å². The van der Waals surface area contributed by atoms with Crippen molar-refractivity contribution in [1.82, 2.24) is 0 Å². The summed E-state index contributed by atoms with van der Waals surface area (Å²) in [5, 5.41) is 0. The highest BCUT2D eigenvalue weighted by atomic mass is 35.7. The summed E-state index contributed by atoms with van der Waals surface area (Å²) in [5.41, 5.74) is 1.13. The van der Waals surface area contributed by atoms with Crippen LogP contribution in [0.2, 0.25) is 0 Å². The van der Waals surface area contributed by atoms with E-state index in [9.17, 15) is 0 Å². The van der Waals surface area contributed by atoms with Gasteiger partial charge in [0.15, 0.2) is 0 Å². The maximum atomic E-state index is 5.50. The third kappa shape index (κ3) is 1.92. The van der Waals surface area contributed by atoms with Crippen LogP contribution < -0.4 is 0 Å². The largest absolute Gasteiger partial charge is 0.0530 e. The molecule has 0 aromatic heterocycles. The van der Waals surface area contributed by atoms with Crippen LogP contribution in [-0.4, -0.2) is 0 Å². The summed E-state index contributed by atoms with van der Waals surface area (Å²) in [6.45, 7) is 2.00. The standard InChI is InChI=1S/C7H6ClS/c1-6-3-2-4-7(5-6)9-8/h2,4-5H,1H3. The zero-order chi connectivity index (χ0) is 6.69. The van der Waals surface area contributed by atoms with Crippen LogP contribution in [0.25, 0.3) is 0 Å². The molecule has 0 N–H and O–H groups in total. The fraction of sp³-hybridized carbons (Fsp3) is 0.143. The van der Waals surface area contributed by atoms with Crippen molar-refractivity contribution >= 4 is 21.7 Å². The molecule has 0 aliphatic rings. The summed E-state index contributed by atoms with van der Waals surface area (Å²) < 4.78 is 0.